The summed E-state index contributed by atoms with van der Waals surface area (Å²) in [4.78, 5) is 12.4. The van der Waals surface area contributed by atoms with Crippen LogP contribution in [-0.4, -0.2) is 37.9 Å². The summed E-state index contributed by atoms with van der Waals surface area (Å²) in [5.41, 5.74) is 0.592. The minimum absolute atomic E-state index is 0.131. The molecule has 0 saturated heterocycles. The molecule has 2 aliphatic carbocycles. The van der Waals surface area contributed by atoms with E-state index in [0.717, 1.165) is 44.4 Å². The number of urea groups is 1. The van der Waals surface area contributed by atoms with Crippen LogP contribution in [0.15, 0.2) is 29.2 Å². The second-order valence-corrected chi connectivity index (χ2v) is 9.33. The maximum atomic E-state index is 12.5. The molecule has 25 heavy (non-hydrogen) atoms. The van der Waals surface area contributed by atoms with Gasteiger partial charge in [-0.1, -0.05) is 6.92 Å². The topological polar surface area (TPSA) is 78.5 Å². The fourth-order valence-electron chi connectivity index (χ4n) is 3.27. The van der Waals surface area contributed by atoms with Gasteiger partial charge in [-0.05, 0) is 68.7 Å². The lowest BCUT2D eigenvalue weighted by Gasteiger charge is -2.26. The molecule has 1 aromatic carbocycles. The van der Waals surface area contributed by atoms with Crippen LogP contribution in [0.3, 0.4) is 0 Å². The molecule has 0 aliphatic heterocycles. The van der Waals surface area contributed by atoms with Crippen molar-refractivity contribution in [2.75, 3.05) is 12.4 Å². The number of hydrogen-bond donors (Lipinski definition) is 2. The van der Waals surface area contributed by atoms with Gasteiger partial charge in [0.15, 0.2) is 0 Å². The van der Waals surface area contributed by atoms with E-state index in [9.17, 15) is 13.2 Å². The summed E-state index contributed by atoms with van der Waals surface area (Å²) in [6, 6.07) is 6.49. The summed E-state index contributed by atoms with van der Waals surface area (Å²) in [6.45, 7) is 2.24. The van der Waals surface area contributed by atoms with Crippen LogP contribution in [0.4, 0.5) is 10.5 Å². The average molecular weight is 365 g/mol. The number of rotatable bonds is 5. The van der Waals surface area contributed by atoms with Gasteiger partial charge in [-0.15, -0.1) is 0 Å². The molecule has 2 fully saturated rings. The van der Waals surface area contributed by atoms with E-state index in [0.29, 0.717) is 5.69 Å². The van der Waals surface area contributed by atoms with Gasteiger partial charge in [0.25, 0.3) is 0 Å². The predicted octanol–water partition coefficient (Wildman–Crippen LogP) is 3.17. The number of carbonyl (C=O) groups is 1. The van der Waals surface area contributed by atoms with Crippen LogP contribution in [-0.2, 0) is 10.0 Å². The fourth-order valence-corrected chi connectivity index (χ4v) is 4.68. The SMILES string of the molecule is CC1CCC(NC(=O)Nc2ccc(S(=O)(=O)N(C)C3CC3)cc2)CC1. The Hall–Kier alpha value is -1.60. The van der Waals surface area contributed by atoms with Gasteiger partial charge in [-0.3, -0.25) is 0 Å². The minimum Gasteiger partial charge on any atom is -0.335 e. The molecule has 0 atom stereocenters. The van der Waals surface area contributed by atoms with Crippen molar-refractivity contribution in [1.29, 1.82) is 0 Å². The van der Waals surface area contributed by atoms with Crippen LogP contribution in [0.2, 0.25) is 0 Å². The number of nitrogens with zero attached hydrogens (tertiary/aromatic N) is 1. The van der Waals surface area contributed by atoms with Crippen LogP contribution in [0.1, 0.15) is 45.4 Å². The lowest BCUT2D eigenvalue weighted by molar-refractivity contribution is 0.239. The Bertz CT molecular complexity index is 706. The zero-order chi connectivity index (χ0) is 18.0. The molecule has 2 aliphatic rings. The van der Waals surface area contributed by atoms with Gasteiger partial charge in [0.05, 0.1) is 4.90 Å². The molecule has 6 nitrogen and oxygen atoms in total. The first kappa shape index (κ1) is 18.2. The molecule has 2 saturated carbocycles. The Morgan fingerprint density at radius 2 is 1.64 bits per heavy atom. The molecule has 1 aromatic rings. The second-order valence-electron chi connectivity index (χ2n) is 7.33. The van der Waals surface area contributed by atoms with Crippen molar-refractivity contribution in [2.24, 2.45) is 5.92 Å². The molecule has 2 amide bonds. The van der Waals surface area contributed by atoms with E-state index in [2.05, 4.69) is 17.6 Å². The van der Waals surface area contributed by atoms with Crippen LogP contribution < -0.4 is 10.6 Å². The first-order valence-electron chi connectivity index (χ1n) is 9.02. The van der Waals surface area contributed by atoms with Gasteiger partial charge in [-0.2, -0.15) is 4.31 Å². The molecule has 3 rings (SSSR count). The summed E-state index contributed by atoms with van der Waals surface area (Å²) in [7, 11) is -1.82. The van der Waals surface area contributed by atoms with E-state index in [4.69, 9.17) is 0 Å². The first-order chi connectivity index (χ1) is 11.9. The molecule has 0 heterocycles. The molecule has 138 valence electrons. The third-order valence-electron chi connectivity index (χ3n) is 5.20. The lowest BCUT2D eigenvalue weighted by atomic mass is 9.87. The zero-order valence-corrected chi connectivity index (χ0v) is 15.7. The van der Waals surface area contributed by atoms with Gasteiger partial charge < -0.3 is 10.6 Å². The molecule has 2 N–H and O–H groups in total. The number of amides is 2. The second kappa shape index (κ2) is 7.33. The summed E-state index contributed by atoms with van der Waals surface area (Å²) in [6.07, 6.45) is 6.17. The van der Waals surface area contributed by atoms with Crippen molar-refractivity contribution in [3.63, 3.8) is 0 Å². The van der Waals surface area contributed by atoms with E-state index >= 15 is 0 Å². The Balaban J connectivity index is 1.56. The summed E-state index contributed by atoms with van der Waals surface area (Å²) in [5.74, 6) is 0.740. The highest BCUT2D eigenvalue weighted by Crippen LogP contribution is 2.30. The van der Waals surface area contributed by atoms with Crippen molar-refractivity contribution in [2.45, 2.75) is 62.4 Å². The van der Waals surface area contributed by atoms with E-state index < -0.39 is 10.0 Å². The number of nitrogens with one attached hydrogen (secondary N) is 2. The molecular weight excluding hydrogens is 338 g/mol. The zero-order valence-electron chi connectivity index (χ0n) is 14.9. The monoisotopic (exact) mass is 365 g/mol. The number of benzene rings is 1. The standard InChI is InChI=1S/C18H27N3O3S/c1-13-3-5-14(6-4-13)19-18(22)20-15-7-11-17(12-8-15)25(23,24)21(2)16-9-10-16/h7-8,11-14,16H,3-6,9-10H2,1-2H3,(H2,19,20,22). The van der Waals surface area contributed by atoms with Crippen LogP contribution >= 0.6 is 0 Å². The van der Waals surface area contributed by atoms with Crippen LogP contribution in [0.5, 0.6) is 0 Å². The number of carbonyl (C=O) groups excluding carboxylic acids is 1. The quantitative estimate of drug-likeness (QED) is 0.841. The Morgan fingerprint density at radius 1 is 1.04 bits per heavy atom. The van der Waals surface area contributed by atoms with E-state index in [1.165, 1.54) is 4.31 Å². The van der Waals surface area contributed by atoms with Crippen molar-refractivity contribution in [3.8, 4) is 0 Å². The first-order valence-corrected chi connectivity index (χ1v) is 10.5. The Kier molecular flexibility index (Phi) is 5.34. The summed E-state index contributed by atoms with van der Waals surface area (Å²) >= 11 is 0. The van der Waals surface area contributed by atoms with Crippen LogP contribution in [0.25, 0.3) is 0 Å². The Labute approximate surface area is 150 Å². The molecule has 0 aromatic heterocycles. The molecule has 0 radical (unpaired) electrons. The number of hydrogen-bond acceptors (Lipinski definition) is 3. The molecule has 0 spiro atoms. The van der Waals surface area contributed by atoms with Crippen LogP contribution in [0, 0.1) is 5.92 Å². The molecule has 0 unspecified atom stereocenters. The van der Waals surface area contributed by atoms with Gasteiger partial charge in [-0.25, -0.2) is 13.2 Å². The van der Waals surface area contributed by atoms with Crippen molar-refractivity contribution in [1.82, 2.24) is 9.62 Å². The minimum atomic E-state index is -3.44. The van der Waals surface area contributed by atoms with Gasteiger partial charge in [0, 0.05) is 24.8 Å². The molecule has 7 heteroatoms. The fraction of sp³-hybridized carbons (Fsp3) is 0.611. The summed E-state index contributed by atoms with van der Waals surface area (Å²) in [5, 5.41) is 5.78. The van der Waals surface area contributed by atoms with Gasteiger partial charge in [0.1, 0.15) is 0 Å². The van der Waals surface area contributed by atoms with E-state index in [-0.39, 0.29) is 23.0 Å². The van der Waals surface area contributed by atoms with E-state index in [1.54, 1.807) is 31.3 Å². The smallest absolute Gasteiger partial charge is 0.319 e. The van der Waals surface area contributed by atoms with Crippen molar-refractivity contribution in [3.05, 3.63) is 24.3 Å². The highest BCUT2D eigenvalue weighted by molar-refractivity contribution is 7.89. The van der Waals surface area contributed by atoms with Gasteiger partial charge in [0.2, 0.25) is 10.0 Å². The largest absolute Gasteiger partial charge is 0.335 e. The third kappa shape index (κ3) is 4.52. The van der Waals surface area contributed by atoms with Crippen molar-refractivity contribution < 1.29 is 13.2 Å². The summed E-state index contributed by atoms with van der Waals surface area (Å²) < 4.78 is 26.4. The normalized spacial score (nSPS) is 24.1. The lowest BCUT2D eigenvalue weighted by Crippen LogP contribution is -2.39. The average Bonchev–Trinajstić information content (AvgIpc) is 3.41. The highest BCUT2D eigenvalue weighted by atomic mass is 32.2. The molecule has 0 bridgehead atoms. The maximum absolute atomic E-state index is 12.5. The third-order valence-corrected chi connectivity index (χ3v) is 7.13. The number of anilines is 1. The van der Waals surface area contributed by atoms with Gasteiger partial charge >= 0.3 is 6.03 Å². The number of sulfonamides is 1. The maximum Gasteiger partial charge on any atom is 0.319 e. The predicted molar refractivity (Wildman–Crippen MR) is 98.0 cm³/mol. The molecular formula is C18H27N3O3S. The highest BCUT2D eigenvalue weighted by Gasteiger charge is 2.34. The van der Waals surface area contributed by atoms with E-state index in [1.807, 2.05) is 0 Å². The Morgan fingerprint density at radius 3 is 2.20 bits per heavy atom. The van der Waals surface area contributed by atoms with Crippen molar-refractivity contribution >= 4 is 21.7 Å².